The number of nitrogens with zero attached hydrogens (tertiary/aromatic N) is 3. The number of hydrogen-bond donors (Lipinski definition) is 0. The normalized spacial score (nSPS) is 12.0. The molecule has 0 atom stereocenters. The Morgan fingerprint density at radius 3 is 0.695 bits per heavy atom. The lowest BCUT2D eigenvalue weighted by atomic mass is 9.33. The number of rotatable bonds is 15. The van der Waals surface area contributed by atoms with E-state index < -0.39 is 0 Å². The molecular weight excluding hydrogens is 1420 g/mol. The van der Waals surface area contributed by atoms with Gasteiger partial charge in [-0.3, -0.25) is 0 Å². The minimum Gasteiger partial charge on any atom is -0.311 e. The second-order valence-electron chi connectivity index (χ2n) is 31.0. The van der Waals surface area contributed by atoms with Crippen molar-refractivity contribution >= 4 is 79.0 Å². The maximum atomic E-state index is 2.65. The fourth-order valence-electron chi connectivity index (χ4n) is 18.7. The number of hydrogen-bond acceptors (Lipinski definition) is 2. The van der Waals surface area contributed by atoms with E-state index in [0.717, 1.165) is 184 Å². The van der Waals surface area contributed by atoms with E-state index in [1.54, 1.807) is 0 Å². The molecule has 4 heteroatoms. The zero-order chi connectivity index (χ0) is 78.0. The maximum Gasteiger partial charge on any atom is 0.252 e. The van der Waals surface area contributed by atoms with Gasteiger partial charge in [0.2, 0.25) is 0 Å². The molecule has 0 spiro atoms. The first kappa shape index (κ1) is 69.4. The van der Waals surface area contributed by atoms with Gasteiger partial charge in [-0.15, -0.1) is 0 Å². The third-order valence-electron chi connectivity index (χ3n) is 24.1. The lowest BCUT2D eigenvalue weighted by Gasteiger charge is -2.45. The first-order valence-corrected chi connectivity index (χ1v) is 40.8. The molecule has 2 aliphatic rings. The minimum atomic E-state index is -0.292. The fourth-order valence-corrected chi connectivity index (χ4v) is 18.7. The quantitative estimate of drug-likeness (QED) is 0.0948. The van der Waals surface area contributed by atoms with Crippen molar-refractivity contribution in [2.45, 2.75) is 0 Å². The molecule has 0 bridgehead atoms. The smallest absolute Gasteiger partial charge is 0.252 e. The molecule has 22 rings (SSSR count). The summed E-state index contributed by atoms with van der Waals surface area (Å²) >= 11 is 0. The zero-order valence-corrected chi connectivity index (χ0v) is 64.8. The van der Waals surface area contributed by atoms with E-state index in [1.807, 2.05) is 0 Å². The summed E-state index contributed by atoms with van der Waals surface area (Å²) in [5.41, 5.74) is 40.6. The molecule has 1 aromatic heterocycles. The Kier molecular flexibility index (Phi) is 17.4. The van der Waals surface area contributed by atoms with Crippen LogP contribution in [0.5, 0.6) is 0 Å². The molecule has 118 heavy (non-hydrogen) atoms. The van der Waals surface area contributed by atoms with E-state index in [2.05, 4.69) is 475 Å². The number of aromatic nitrogens is 1. The van der Waals surface area contributed by atoms with Gasteiger partial charge in [0.1, 0.15) is 0 Å². The van der Waals surface area contributed by atoms with E-state index >= 15 is 0 Å². The number of anilines is 6. The van der Waals surface area contributed by atoms with E-state index in [0.29, 0.717) is 0 Å². The average molecular weight is 1500 g/mol. The summed E-state index contributed by atoms with van der Waals surface area (Å²) in [6.45, 7) is -0.292. The van der Waals surface area contributed by atoms with Gasteiger partial charge in [-0.2, -0.15) is 0 Å². The van der Waals surface area contributed by atoms with Gasteiger partial charge in [0, 0.05) is 44.9 Å². The van der Waals surface area contributed by atoms with E-state index in [4.69, 9.17) is 0 Å². The van der Waals surface area contributed by atoms with Crippen molar-refractivity contribution < 1.29 is 0 Å². The molecule has 19 aromatic carbocycles. The molecule has 20 aromatic rings. The van der Waals surface area contributed by atoms with Crippen LogP contribution in [0.4, 0.5) is 34.1 Å². The van der Waals surface area contributed by atoms with Crippen molar-refractivity contribution in [1.82, 2.24) is 4.57 Å². The molecule has 0 amide bonds. The van der Waals surface area contributed by atoms with Crippen molar-refractivity contribution in [2.75, 3.05) is 9.80 Å². The third-order valence-corrected chi connectivity index (χ3v) is 24.1. The molecule has 3 heterocycles. The largest absolute Gasteiger partial charge is 0.311 e. The van der Waals surface area contributed by atoms with Crippen LogP contribution in [0.3, 0.4) is 0 Å². The summed E-state index contributed by atoms with van der Waals surface area (Å²) in [5, 5.41) is 2.39. The summed E-state index contributed by atoms with van der Waals surface area (Å²) < 4.78 is 2.53. The number of fused-ring (bicyclic) bond motifs is 7. The topological polar surface area (TPSA) is 11.4 Å². The van der Waals surface area contributed by atoms with Crippen molar-refractivity contribution in [1.29, 1.82) is 0 Å². The first-order valence-electron chi connectivity index (χ1n) is 40.8. The Morgan fingerprint density at radius 1 is 0.161 bits per heavy atom. The van der Waals surface area contributed by atoms with E-state index in [1.165, 1.54) is 27.2 Å². The van der Waals surface area contributed by atoms with Gasteiger partial charge in [-0.1, -0.05) is 364 Å². The Bertz CT molecular complexity index is 6520. The monoisotopic (exact) mass is 1500 g/mol. The van der Waals surface area contributed by atoms with Gasteiger partial charge in [0.05, 0.1) is 16.7 Å². The highest BCUT2D eigenvalue weighted by atomic mass is 15.2. The average Bonchev–Trinajstić information content (AvgIpc) is 0.853. The molecule has 2 aliphatic heterocycles. The van der Waals surface area contributed by atoms with E-state index in [9.17, 15) is 0 Å². The van der Waals surface area contributed by atoms with Crippen LogP contribution in [0.1, 0.15) is 0 Å². The van der Waals surface area contributed by atoms with Gasteiger partial charge >= 0.3 is 0 Å². The molecule has 0 N–H and O–H groups in total. The fraction of sp³-hybridized carbons (Fsp3) is 0. The number of para-hydroxylation sites is 2. The molecule has 0 radical (unpaired) electrons. The molecule has 0 saturated heterocycles. The predicted molar refractivity (Wildman–Crippen MR) is 500 cm³/mol. The van der Waals surface area contributed by atoms with Gasteiger partial charge in [-0.05, 0) is 247 Å². The van der Waals surface area contributed by atoms with Gasteiger partial charge in [0.15, 0.2) is 0 Å². The molecule has 0 aliphatic carbocycles. The highest BCUT2D eigenvalue weighted by Crippen LogP contribution is 2.54. The standard InChI is InChI=1S/C114H76BN3/c1-11-35-77(36-12-1)87-59-61-108-104(69-87)115-105-70-88(78-37-13-2-14-38-78)60-62-109(105)118(96-73-102(85-51-27-9-28-52-85)113(103(74-96)86-53-29-10-30-54-86)94-67-91(81-43-19-5-20-44-81)64-92(68-94)82-45-21-6-22-46-82)111-76-97(116-106-57-33-31-55-98(106)99-56-32-34-58-107(99)116)75-110(114(111)115)117(108)95-71-100(83-47-23-7-24-48-83)112(101(72-95)84-49-25-8-26-50-84)93-65-89(79-39-15-3-16-40-79)63-90(66-93)80-41-17-4-18-42-80/h1-76H. The van der Waals surface area contributed by atoms with Crippen LogP contribution in [-0.4, -0.2) is 11.3 Å². The predicted octanol–water partition coefficient (Wildman–Crippen LogP) is 28.9. The van der Waals surface area contributed by atoms with E-state index in [-0.39, 0.29) is 6.71 Å². The molecule has 0 unspecified atom stereocenters. The second-order valence-corrected chi connectivity index (χ2v) is 31.0. The van der Waals surface area contributed by atoms with Crippen LogP contribution in [0.2, 0.25) is 0 Å². The summed E-state index contributed by atoms with van der Waals surface area (Å²) in [6, 6.07) is 172. The van der Waals surface area contributed by atoms with Gasteiger partial charge in [-0.25, -0.2) is 0 Å². The molecular formula is C114H76BN3. The zero-order valence-electron chi connectivity index (χ0n) is 64.8. The summed E-state index contributed by atoms with van der Waals surface area (Å²) in [5.74, 6) is 0. The van der Waals surface area contributed by atoms with Crippen LogP contribution in [0.25, 0.3) is 161 Å². The van der Waals surface area contributed by atoms with Crippen molar-refractivity contribution in [3.63, 3.8) is 0 Å². The van der Waals surface area contributed by atoms with Crippen molar-refractivity contribution in [2.24, 2.45) is 0 Å². The van der Waals surface area contributed by atoms with Crippen LogP contribution >= 0.6 is 0 Å². The summed E-state index contributed by atoms with van der Waals surface area (Å²) in [6.07, 6.45) is 0. The second kappa shape index (κ2) is 29.6. The Morgan fingerprint density at radius 2 is 0.407 bits per heavy atom. The Hall–Kier alpha value is -15.4. The molecule has 0 saturated carbocycles. The lowest BCUT2D eigenvalue weighted by Crippen LogP contribution is -2.61. The number of benzene rings is 19. The highest BCUT2D eigenvalue weighted by molar-refractivity contribution is 7.00. The summed E-state index contributed by atoms with van der Waals surface area (Å²) in [7, 11) is 0. The Labute approximate surface area is 689 Å². The minimum absolute atomic E-state index is 0.292. The van der Waals surface area contributed by atoms with Crippen molar-refractivity contribution in [3.8, 4) is 139 Å². The summed E-state index contributed by atoms with van der Waals surface area (Å²) in [4.78, 5) is 5.30. The van der Waals surface area contributed by atoms with Crippen LogP contribution in [0.15, 0.2) is 461 Å². The van der Waals surface area contributed by atoms with Crippen LogP contribution in [0, 0.1) is 0 Å². The molecule has 0 fully saturated rings. The highest BCUT2D eigenvalue weighted by Gasteiger charge is 2.45. The van der Waals surface area contributed by atoms with Gasteiger partial charge < -0.3 is 14.4 Å². The molecule has 550 valence electrons. The van der Waals surface area contributed by atoms with Gasteiger partial charge in [0.25, 0.3) is 6.71 Å². The molecule has 3 nitrogen and oxygen atoms in total. The first-order chi connectivity index (χ1) is 58.5. The lowest BCUT2D eigenvalue weighted by molar-refractivity contribution is 1.16. The maximum absolute atomic E-state index is 2.65. The third kappa shape index (κ3) is 12.3. The van der Waals surface area contributed by atoms with Crippen LogP contribution in [-0.2, 0) is 0 Å². The van der Waals surface area contributed by atoms with Crippen LogP contribution < -0.4 is 26.2 Å². The Balaban J connectivity index is 0.888. The van der Waals surface area contributed by atoms with Crippen molar-refractivity contribution in [3.05, 3.63) is 461 Å². The SMILES string of the molecule is c1ccc(-c2cc(-c3ccccc3)cc(-c3c(-c4ccccc4)cc(N4c5ccc(-c6ccccc6)cc5B5c6cc(-c7ccccc7)ccc6N(c6cc(-c7ccccc7)c(-c7cc(-c8ccccc8)cc(-c8ccccc8)c7)c(-c7ccccc7)c6)c6cc(-n7c8ccccc8c8ccccc87)cc4c65)cc3-c3ccccc3)c2)cc1.